The molecule has 0 radical (unpaired) electrons. The summed E-state index contributed by atoms with van der Waals surface area (Å²) in [4.78, 5) is 0. The third-order valence-corrected chi connectivity index (χ3v) is 3.17. The number of methoxy groups -OCH3 is 1. The zero-order valence-corrected chi connectivity index (χ0v) is 11.6. The molecule has 2 rings (SSSR count). The van der Waals surface area contributed by atoms with Gasteiger partial charge in [-0.1, -0.05) is 24.2 Å². The minimum absolute atomic E-state index is 0.251. The molecule has 2 aromatic rings. The van der Waals surface area contributed by atoms with E-state index in [-0.39, 0.29) is 6.04 Å². The average molecular weight is 260 g/mol. The second-order valence-corrected chi connectivity index (χ2v) is 4.51. The summed E-state index contributed by atoms with van der Waals surface area (Å²) in [5.41, 5.74) is 2.21. The first kappa shape index (κ1) is 13.6. The Labute approximate surface area is 113 Å². The van der Waals surface area contributed by atoms with E-state index in [0.29, 0.717) is 6.54 Å². The largest absolute Gasteiger partial charge is 0.497 e. The van der Waals surface area contributed by atoms with E-state index in [1.807, 2.05) is 18.2 Å². The van der Waals surface area contributed by atoms with Crippen molar-refractivity contribution in [3.05, 3.63) is 47.3 Å². The number of hydrogen-bond donors (Lipinski definition) is 1. The Morgan fingerprint density at radius 2 is 2.05 bits per heavy atom. The highest BCUT2D eigenvalue weighted by Crippen LogP contribution is 2.17. The summed E-state index contributed by atoms with van der Waals surface area (Å²) in [5, 5.41) is 7.39. The van der Waals surface area contributed by atoms with Crippen LogP contribution in [0.4, 0.5) is 0 Å². The van der Waals surface area contributed by atoms with Gasteiger partial charge in [-0.2, -0.15) is 0 Å². The van der Waals surface area contributed by atoms with Gasteiger partial charge >= 0.3 is 0 Å². The van der Waals surface area contributed by atoms with E-state index in [1.54, 1.807) is 7.11 Å². The summed E-state index contributed by atoms with van der Waals surface area (Å²) in [5.74, 6) is 1.75. The fourth-order valence-corrected chi connectivity index (χ4v) is 1.87. The van der Waals surface area contributed by atoms with Gasteiger partial charge in [0, 0.05) is 12.1 Å². The van der Waals surface area contributed by atoms with Crippen molar-refractivity contribution < 1.29 is 9.26 Å². The Morgan fingerprint density at radius 1 is 1.32 bits per heavy atom. The highest BCUT2D eigenvalue weighted by atomic mass is 16.5. The van der Waals surface area contributed by atoms with Crippen LogP contribution in [0.15, 0.2) is 34.9 Å². The molecule has 1 N–H and O–H groups in total. The highest BCUT2D eigenvalue weighted by Gasteiger charge is 2.07. The van der Waals surface area contributed by atoms with Gasteiger partial charge in [-0.3, -0.25) is 0 Å². The molecule has 1 heterocycles. The normalized spacial score (nSPS) is 12.4. The zero-order valence-electron chi connectivity index (χ0n) is 11.6. The molecule has 1 aromatic carbocycles. The van der Waals surface area contributed by atoms with Gasteiger partial charge < -0.3 is 14.6 Å². The number of ether oxygens (including phenoxy) is 1. The molecule has 1 aromatic heterocycles. The van der Waals surface area contributed by atoms with E-state index in [1.165, 1.54) is 5.56 Å². The summed E-state index contributed by atoms with van der Waals surface area (Å²) in [6.45, 7) is 4.87. The van der Waals surface area contributed by atoms with Crippen LogP contribution in [0, 0.1) is 0 Å². The number of nitrogens with one attached hydrogen (secondary N) is 1. The Bertz CT molecular complexity index is 505. The second kappa shape index (κ2) is 6.38. The lowest BCUT2D eigenvalue weighted by molar-refractivity contribution is 0.361. The predicted octanol–water partition coefficient (Wildman–Crippen LogP) is 3.10. The van der Waals surface area contributed by atoms with Crippen LogP contribution < -0.4 is 10.1 Å². The fourth-order valence-electron chi connectivity index (χ4n) is 1.87. The van der Waals surface area contributed by atoms with Crippen molar-refractivity contribution in [2.45, 2.75) is 32.9 Å². The molecule has 102 valence electrons. The fraction of sp³-hybridized carbons (Fsp3) is 0.400. The van der Waals surface area contributed by atoms with Crippen LogP contribution in [-0.4, -0.2) is 12.3 Å². The van der Waals surface area contributed by atoms with E-state index >= 15 is 0 Å². The number of rotatable bonds is 6. The van der Waals surface area contributed by atoms with Gasteiger partial charge in [-0.15, -0.1) is 0 Å². The quantitative estimate of drug-likeness (QED) is 0.867. The lowest BCUT2D eigenvalue weighted by atomic mass is 10.1. The molecule has 4 heteroatoms. The maximum absolute atomic E-state index is 5.25. The molecule has 0 bridgehead atoms. The number of nitrogens with zero attached hydrogens (tertiary/aromatic N) is 1. The SMILES string of the molecule is CCc1cc(CN[C@@H](C)c2ccc(OC)cc2)on1. The van der Waals surface area contributed by atoms with Crippen LogP contribution in [0.5, 0.6) is 5.75 Å². The molecule has 0 unspecified atom stereocenters. The topological polar surface area (TPSA) is 47.3 Å². The van der Waals surface area contributed by atoms with Crippen LogP contribution in [0.2, 0.25) is 0 Å². The first-order chi connectivity index (χ1) is 9.22. The summed E-state index contributed by atoms with van der Waals surface area (Å²) >= 11 is 0. The second-order valence-electron chi connectivity index (χ2n) is 4.51. The number of aromatic nitrogens is 1. The van der Waals surface area contributed by atoms with Crippen molar-refractivity contribution in [3.63, 3.8) is 0 Å². The first-order valence-corrected chi connectivity index (χ1v) is 6.54. The van der Waals surface area contributed by atoms with Crippen molar-refractivity contribution in [1.29, 1.82) is 0 Å². The van der Waals surface area contributed by atoms with Gasteiger partial charge in [0.1, 0.15) is 5.75 Å². The third-order valence-electron chi connectivity index (χ3n) is 3.17. The molecule has 0 saturated heterocycles. The standard InChI is InChI=1S/C15H20N2O2/c1-4-13-9-15(19-17-13)10-16-11(2)12-5-7-14(18-3)8-6-12/h5-9,11,16H,4,10H2,1-3H3/t11-/m0/s1. The van der Waals surface area contributed by atoms with Crippen molar-refractivity contribution in [2.24, 2.45) is 0 Å². The molecule has 0 aliphatic heterocycles. The Morgan fingerprint density at radius 3 is 2.63 bits per heavy atom. The van der Waals surface area contributed by atoms with Crippen LogP contribution in [0.3, 0.4) is 0 Å². The van der Waals surface area contributed by atoms with E-state index in [0.717, 1.165) is 23.6 Å². The van der Waals surface area contributed by atoms with Gasteiger partial charge in [0.25, 0.3) is 0 Å². The summed E-state index contributed by atoms with van der Waals surface area (Å²) in [6.07, 6.45) is 0.900. The first-order valence-electron chi connectivity index (χ1n) is 6.54. The molecule has 1 atom stereocenters. The predicted molar refractivity (Wildman–Crippen MR) is 74.1 cm³/mol. The van der Waals surface area contributed by atoms with E-state index < -0.39 is 0 Å². The molecule has 0 fully saturated rings. The van der Waals surface area contributed by atoms with Crippen molar-refractivity contribution >= 4 is 0 Å². The molecule has 0 spiro atoms. The maximum atomic E-state index is 5.25. The van der Waals surface area contributed by atoms with E-state index in [4.69, 9.17) is 9.26 Å². The average Bonchev–Trinajstić information content (AvgIpc) is 2.93. The minimum atomic E-state index is 0.251. The Kier molecular flexibility index (Phi) is 4.58. The lowest BCUT2D eigenvalue weighted by Crippen LogP contribution is -2.17. The van der Waals surface area contributed by atoms with E-state index in [9.17, 15) is 0 Å². The monoisotopic (exact) mass is 260 g/mol. The molecule has 4 nitrogen and oxygen atoms in total. The zero-order chi connectivity index (χ0) is 13.7. The summed E-state index contributed by atoms with van der Waals surface area (Å²) in [7, 11) is 1.67. The summed E-state index contributed by atoms with van der Waals surface area (Å²) in [6, 6.07) is 10.3. The van der Waals surface area contributed by atoms with Gasteiger partial charge in [0.2, 0.25) is 0 Å². The molecule has 19 heavy (non-hydrogen) atoms. The van der Waals surface area contributed by atoms with Crippen molar-refractivity contribution in [3.8, 4) is 5.75 Å². The van der Waals surface area contributed by atoms with Crippen molar-refractivity contribution in [1.82, 2.24) is 10.5 Å². The molecule has 0 amide bonds. The third kappa shape index (κ3) is 3.58. The smallest absolute Gasteiger partial charge is 0.150 e. The Hall–Kier alpha value is -1.81. The number of benzene rings is 1. The minimum Gasteiger partial charge on any atom is -0.497 e. The van der Waals surface area contributed by atoms with Gasteiger partial charge in [0.15, 0.2) is 5.76 Å². The van der Waals surface area contributed by atoms with Crippen LogP contribution in [-0.2, 0) is 13.0 Å². The van der Waals surface area contributed by atoms with Crippen LogP contribution in [0.25, 0.3) is 0 Å². The number of aryl methyl sites for hydroxylation is 1. The van der Waals surface area contributed by atoms with Crippen LogP contribution in [0.1, 0.15) is 36.9 Å². The number of hydrogen-bond acceptors (Lipinski definition) is 4. The van der Waals surface area contributed by atoms with Gasteiger partial charge in [-0.25, -0.2) is 0 Å². The molecule has 0 saturated carbocycles. The molecular weight excluding hydrogens is 240 g/mol. The highest BCUT2D eigenvalue weighted by molar-refractivity contribution is 5.28. The molecular formula is C15H20N2O2. The Balaban J connectivity index is 1.90. The van der Waals surface area contributed by atoms with Crippen molar-refractivity contribution in [2.75, 3.05) is 7.11 Å². The van der Waals surface area contributed by atoms with Crippen LogP contribution >= 0.6 is 0 Å². The van der Waals surface area contributed by atoms with E-state index in [2.05, 4.69) is 36.5 Å². The van der Waals surface area contributed by atoms with Gasteiger partial charge in [0.05, 0.1) is 19.3 Å². The molecule has 0 aliphatic rings. The molecule has 0 aliphatic carbocycles. The maximum Gasteiger partial charge on any atom is 0.150 e. The lowest BCUT2D eigenvalue weighted by Gasteiger charge is -2.13. The summed E-state index contributed by atoms with van der Waals surface area (Å²) < 4.78 is 10.4. The van der Waals surface area contributed by atoms with Gasteiger partial charge in [-0.05, 0) is 31.0 Å².